The van der Waals surface area contributed by atoms with Crippen molar-refractivity contribution in [3.8, 4) is 0 Å². The van der Waals surface area contributed by atoms with E-state index in [-0.39, 0.29) is 5.78 Å². The van der Waals surface area contributed by atoms with E-state index < -0.39 is 0 Å². The first-order valence-electron chi connectivity index (χ1n) is 3.66. The zero-order chi connectivity index (χ0) is 8.97. The predicted octanol–water partition coefficient (Wildman–Crippen LogP) is 1.39. The van der Waals surface area contributed by atoms with Gasteiger partial charge in [0.15, 0.2) is 5.78 Å². The van der Waals surface area contributed by atoms with Gasteiger partial charge in [0.1, 0.15) is 0 Å². The van der Waals surface area contributed by atoms with Crippen LogP contribution in [0.4, 0.5) is 0 Å². The van der Waals surface area contributed by atoms with E-state index in [0.717, 1.165) is 11.4 Å². The summed E-state index contributed by atoms with van der Waals surface area (Å²) in [5.41, 5.74) is 1.57. The van der Waals surface area contributed by atoms with Gasteiger partial charge in [-0.15, -0.1) is 0 Å². The van der Waals surface area contributed by atoms with Crippen LogP contribution in [0.1, 0.15) is 18.3 Å². The lowest BCUT2D eigenvalue weighted by atomic mass is 10.3. The molecule has 0 aliphatic heterocycles. The highest BCUT2D eigenvalue weighted by Gasteiger charge is 1.93. The van der Waals surface area contributed by atoms with E-state index in [1.54, 1.807) is 18.5 Å². The lowest BCUT2D eigenvalue weighted by molar-refractivity contribution is -0.112. The van der Waals surface area contributed by atoms with Crippen LogP contribution in [-0.2, 0) is 4.79 Å². The Hall–Kier alpha value is -1.51. The second-order valence-corrected chi connectivity index (χ2v) is 2.47. The molecule has 0 spiro atoms. The zero-order valence-corrected chi connectivity index (χ0v) is 7.11. The van der Waals surface area contributed by atoms with Gasteiger partial charge in [0.25, 0.3) is 0 Å². The summed E-state index contributed by atoms with van der Waals surface area (Å²) in [5, 5.41) is 0. The smallest absolute Gasteiger partial charge is 0.152 e. The van der Waals surface area contributed by atoms with Crippen molar-refractivity contribution in [2.24, 2.45) is 0 Å². The summed E-state index contributed by atoms with van der Waals surface area (Å²) in [4.78, 5) is 18.7. The van der Waals surface area contributed by atoms with Gasteiger partial charge in [-0.05, 0) is 26.0 Å². The van der Waals surface area contributed by atoms with Crippen molar-refractivity contribution >= 4 is 11.9 Å². The summed E-state index contributed by atoms with van der Waals surface area (Å²) in [6, 6.07) is 0. The fourth-order valence-electron chi connectivity index (χ4n) is 0.778. The fourth-order valence-corrected chi connectivity index (χ4v) is 0.778. The van der Waals surface area contributed by atoms with Crippen molar-refractivity contribution in [2.45, 2.75) is 13.8 Å². The van der Waals surface area contributed by atoms with Crippen LogP contribution in [0.15, 0.2) is 18.5 Å². The first kappa shape index (κ1) is 8.59. The minimum Gasteiger partial charge on any atom is -0.295 e. The molecule has 1 aromatic heterocycles. The molecule has 0 N–H and O–H groups in total. The summed E-state index contributed by atoms with van der Waals surface area (Å²) in [6.45, 7) is 3.36. The maximum atomic E-state index is 10.6. The van der Waals surface area contributed by atoms with Gasteiger partial charge in [0, 0.05) is 12.4 Å². The van der Waals surface area contributed by atoms with Gasteiger partial charge in [0.05, 0.1) is 11.4 Å². The summed E-state index contributed by atoms with van der Waals surface area (Å²) in [6.07, 6.45) is 6.38. The van der Waals surface area contributed by atoms with Crippen molar-refractivity contribution in [3.05, 3.63) is 29.9 Å². The first-order valence-corrected chi connectivity index (χ1v) is 3.66. The SMILES string of the molecule is CC(=O)/C=C/c1nccnc1C. The molecule has 0 aliphatic carbocycles. The molecule has 0 radical (unpaired) electrons. The molecule has 0 bridgehead atoms. The van der Waals surface area contributed by atoms with E-state index in [0.29, 0.717) is 0 Å². The molecule has 0 atom stereocenters. The molecule has 3 heteroatoms. The van der Waals surface area contributed by atoms with Gasteiger partial charge in [-0.25, -0.2) is 0 Å². The first-order chi connectivity index (χ1) is 5.70. The number of hydrogen-bond donors (Lipinski definition) is 0. The number of aromatic nitrogens is 2. The average molecular weight is 162 g/mol. The molecule has 0 amide bonds. The van der Waals surface area contributed by atoms with Gasteiger partial charge >= 0.3 is 0 Å². The minimum absolute atomic E-state index is 0.0139. The van der Waals surface area contributed by atoms with Crippen LogP contribution in [-0.4, -0.2) is 15.8 Å². The molecule has 0 aromatic carbocycles. The molecule has 0 saturated carbocycles. The Kier molecular flexibility index (Phi) is 2.69. The van der Waals surface area contributed by atoms with Gasteiger partial charge in [-0.1, -0.05) is 0 Å². The van der Waals surface area contributed by atoms with Crippen molar-refractivity contribution in [1.82, 2.24) is 9.97 Å². The van der Waals surface area contributed by atoms with Crippen LogP contribution in [0.5, 0.6) is 0 Å². The highest BCUT2D eigenvalue weighted by molar-refractivity contribution is 5.91. The second-order valence-electron chi connectivity index (χ2n) is 2.47. The maximum absolute atomic E-state index is 10.6. The summed E-state index contributed by atoms with van der Waals surface area (Å²) < 4.78 is 0. The van der Waals surface area contributed by atoms with Crippen LogP contribution in [0.2, 0.25) is 0 Å². The Morgan fingerprint density at radius 1 is 1.42 bits per heavy atom. The van der Waals surface area contributed by atoms with Crippen molar-refractivity contribution in [2.75, 3.05) is 0 Å². The maximum Gasteiger partial charge on any atom is 0.152 e. The molecular weight excluding hydrogens is 152 g/mol. The Bertz CT molecular complexity index is 318. The van der Waals surface area contributed by atoms with E-state index >= 15 is 0 Å². The van der Waals surface area contributed by atoms with Crippen LogP contribution in [0.3, 0.4) is 0 Å². The quantitative estimate of drug-likeness (QED) is 0.617. The van der Waals surface area contributed by atoms with Crippen LogP contribution >= 0.6 is 0 Å². The Labute approximate surface area is 71.2 Å². The molecule has 1 heterocycles. The summed E-state index contributed by atoms with van der Waals surface area (Å²) >= 11 is 0. The van der Waals surface area contributed by atoms with Gasteiger partial charge < -0.3 is 0 Å². The standard InChI is InChI=1S/C9H10N2O/c1-7(12)3-4-9-8(2)10-5-6-11-9/h3-6H,1-2H3/b4-3+. The topological polar surface area (TPSA) is 42.9 Å². The second kappa shape index (κ2) is 3.76. The molecule has 1 aromatic rings. The number of hydrogen-bond acceptors (Lipinski definition) is 3. The Balaban J connectivity index is 2.89. The number of nitrogens with zero attached hydrogens (tertiary/aromatic N) is 2. The van der Waals surface area contributed by atoms with Crippen molar-refractivity contribution < 1.29 is 4.79 Å². The van der Waals surface area contributed by atoms with Crippen molar-refractivity contribution in [1.29, 1.82) is 0 Å². The molecule has 3 nitrogen and oxygen atoms in total. The van der Waals surface area contributed by atoms with Gasteiger partial charge in [-0.3, -0.25) is 14.8 Å². The number of carbonyl (C=O) groups excluding carboxylic acids is 1. The third-order valence-electron chi connectivity index (χ3n) is 1.40. The van der Waals surface area contributed by atoms with E-state index in [9.17, 15) is 4.79 Å². The lowest BCUT2D eigenvalue weighted by Crippen LogP contribution is -1.90. The Morgan fingerprint density at radius 2 is 2.08 bits per heavy atom. The largest absolute Gasteiger partial charge is 0.295 e. The fraction of sp³-hybridized carbons (Fsp3) is 0.222. The number of allylic oxidation sites excluding steroid dienone is 1. The van der Waals surface area contributed by atoms with Crippen LogP contribution in [0, 0.1) is 6.92 Å². The Morgan fingerprint density at radius 3 is 2.67 bits per heavy atom. The zero-order valence-electron chi connectivity index (χ0n) is 7.11. The summed E-state index contributed by atoms with van der Waals surface area (Å²) in [5.74, 6) is 0.0139. The monoisotopic (exact) mass is 162 g/mol. The van der Waals surface area contributed by atoms with E-state index in [1.807, 2.05) is 6.92 Å². The van der Waals surface area contributed by atoms with Gasteiger partial charge in [-0.2, -0.15) is 0 Å². The molecule has 0 unspecified atom stereocenters. The number of aryl methyl sites for hydroxylation is 1. The normalized spacial score (nSPS) is 10.5. The predicted molar refractivity (Wildman–Crippen MR) is 46.5 cm³/mol. The highest BCUT2D eigenvalue weighted by atomic mass is 16.1. The van der Waals surface area contributed by atoms with E-state index in [2.05, 4.69) is 9.97 Å². The van der Waals surface area contributed by atoms with E-state index in [4.69, 9.17) is 0 Å². The highest BCUT2D eigenvalue weighted by Crippen LogP contribution is 2.01. The molecule has 0 aliphatic rings. The van der Waals surface area contributed by atoms with Crippen LogP contribution in [0.25, 0.3) is 6.08 Å². The average Bonchev–Trinajstić information content (AvgIpc) is 2.03. The van der Waals surface area contributed by atoms with Crippen LogP contribution < -0.4 is 0 Å². The third kappa shape index (κ3) is 2.27. The molecule has 0 fully saturated rings. The molecule has 0 saturated heterocycles. The number of ketones is 1. The summed E-state index contributed by atoms with van der Waals surface area (Å²) in [7, 11) is 0. The molecule has 62 valence electrons. The lowest BCUT2D eigenvalue weighted by Gasteiger charge is -1.94. The van der Waals surface area contributed by atoms with Gasteiger partial charge in [0.2, 0.25) is 0 Å². The number of rotatable bonds is 2. The molecule has 1 rings (SSSR count). The van der Waals surface area contributed by atoms with Crippen molar-refractivity contribution in [3.63, 3.8) is 0 Å². The minimum atomic E-state index is 0.0139. The molecular formula is C9H10N2O. The molecule has 12 heavy (non-hydrogen) atoms. The third-order valence-corrected chi connectivity index (χ3v) is 1.40. The number of carbonyl (C=O) groups is 1. The van der Waals surface area contributed by atoms with E-state index in [1.165, 1.54) is 13.0 Å².